The molecule has 6 heteroatoms. The van der Waals surface area contributed by atoms with E-state index in [1.807, 2.05) is 0 Å². The van der Waals surface area contributed by atoms with Crippen molar-refractivity contribution in [1.82, 2.24) is 9.97 Å². The molecule has 0 spiro atoms. The van der Waals surface area contributed by atoms with Crippen molar-refractivity contribution in [3.05, 3.63) is 34.1 Å². The van der Waals surface area contributed by atoms with E-state index >= 15 is 0 Å². The zero-order valence-corrected chi connectivity index (χ0v) is 6.93. The van der Waals surface area contributed by atoms with Gasteiger partial charge in [0.25, 0.3) is 5.69 Å². The van der Waals surface area contributed by atoms with Gasteiger partial charge >= 0.3 is 0 Å². The third kappa shape index (κ3) is 1.13. The van der Waals surface area contributed by atoms with E-state index in [-0.39, 0.29) is 11.3 Å². The number of nitrogens with one attached hydrogen (secondary N) is 1. The van der Waals surface area contributed by atoms with Crippen LogP contribution in [0.25, 0.3) is 11.0 Å². The molecule has 0 unspecified atom stereocenters. The van der Waals surface area contributed by atoms with Crippen LogP contribution in [0.4, 0.5) is 5.69 Å². The van der Waals surface area contributed by atoms with Gasteiger partial charge in [-0.05, 0) is 0 Å². The number of carbonyl (C=O) groups excluding carboxylic acids is 1. The standard InChI is InChI=1S/C8H5N3O3/c12-3-5-1-6(11(13)14)2-7-8(5)10-4-9-7/h1-4H,(H,9,10). The van der Waals surface area contributed by atoms with Gasteiger partial charge in [-0.3, -0.25) is 14.9 Å². The van der Waals surface area contributed by atoms with Crippen LogP contribution in [0.15, 0.2) is 18.5 Å². The highest BCUT2D eigenvalue weighted by Gasteiger charge is 2.12. The number of hydrogen-bond donors (Lipinski definition) is 1. The summed E-state index contributed by atoms with van der Waals surface area (Å²) in [4.78, 5) is 27.2. The van der Waals surface area contributed by atoms with Gasteiger partial charge in [0.05, 0.1) is 22.3 Å². The second-order valence-corrected chi connectivity index (χ2v) is 2.71. The summed E-state index contributed by atoms with van der Waals surface area (Å²) in [7, 11) is 0. The second-order valence-electron chi connectivity index (χ2n) is 2.71. The number of rotatable bonds is 2. The highest BCUT2D eigenvalue weighted by atomic mass is 16.6. The largest absolute Gasteiger partial charge is 0.344 e. The number of aromatic amines is 1. The van der Waals surface area contributed by atoms with E-state index < -0.39 is 4.92 Å². The van der Waals surface area contributed by atoms with Crippen LogP contribution >= 0.6 is 0 Å². The van der Waals surface area contributed by atoms with Gasteiger partial charge in [-0.25, -0.2) is 4.98 Å². The van der Waals surface area contributed by atoms with Crippen LogP contribution in [0.2, 0.25) is 0 Å². The minimum atomic E-state index is -0.548. The molecule has 0 saturated heterocycles. The molecule has 0 aliphatic heterocycles. The van der Waals surface area contributed by atoms with Gasteiger partial charge < -0.3 is 4.98 Å². The van der Waals surface area contributed by atoms with Crippen LogP contribution in [0.5, 0.6) is 0 Å². The first-order valence-electron chi connectivity index (χ1n) is 3.79. The molecule has 0 aliphatic rings. The number of benzene rings is 1. The molecule has 0 aliphatic carbocycles. The fourth-order valence-corrected chi connectivity index (χ4v) is 1.26. The lowest BCUT2D eigenvalue weighted by molar-refractivity contribution is -0.384. The monoisotopic (exact) mass is 191 g/mol. The molecule has 1 heterocycles. The zero-order chi connectivity index (χ0) is 10.1. The van der Waals surface area contributed by atoms with E-state index in [0.29, 0.717) is 17.3 Å². The number of nitrogens with zero attached hydrogens (tertiary/aromatic N) is 2. The Balaban J connectivity index is 2.79. The van der Waals surface area contributed by atoms with E-state index in [0.717, 1.165) is 0 Å². The molecule has 0 saturated carbocycles. The molecule has 0 amide bonds. The van der Waals surface area contributed by atoms with Crippen molar-refractivity contribution >= 4 is 23.0 Å². The SMILES string of the molecule is O=Cc1cc([N+](=O)[O-])cc2[nH]cnc12. The van der Waals surface area contributed by atoms with Gasteiger partial charge in [0, 0.05) is 17.7 Å². The van der Waals surface area contributed by atoms with Crippen LogP contribution in [0.1, 0.15) is 10.4 Å². The molecule has 0 bridgehead atoms. The maximum Gasteiger partial charge on any atom is 0.272 e. The quantitative estimate of drug-likeness (QED) is 0.440. The summed E-state index contributed by atoms with van der Waals surface area (Å²) in [6, 6.07) is 2.55. The van der Waals surface area contributed by atoms with Crippen LogP contribution in [0.3, 0.4) is 0 Å². The molecule has 0 atom stereocenters. The van der Waals surface area contributed by atoms with Gasteiger partial charge in [0.1, 0.15) is 0 Å². The number of aldehydes is 1. The Morgan fingerprint density at radius 2 is 2.29 bits per heavy atom. The van der Waals surface area contributed by atoms with Crippen LogP contribution in [0, 0.1) is 10.1 Å². The summed E-state index contributed by atoms with van der Waals surface area (Å²) in [5.41, 5.74) is 1.03. The first-order chi connectivity index (χ1) is 6.72. The Kier molecular flexibility index (Phi) is 1.74. The average molecular weight is 191 g/mol. The second kappa shape index (κ2) is 2.91. The van der Waals surface area contributed by atoms with Gasteiger partial charge in [-0.1, -0.05) is 0 Å². The summed E-state index contributed by atoms with van der Waals surface area (Å²) < 4.78 is 0. The maximum atomic E-state index is 10.6. The number of imidazole rings is 1. The predicted molar refractivity (Wildman–Crippen MR) is 48.1 cm³/mol. The highest BCUT2D eigenvalue weighted by Crippen LogP contribution is 2.21. The van der Waals surface area contributed by atoms with Crippen molar-refractivity contribution in [2.45, 2.75) is 0 Å². The van der Waals surface area contributed by atoms with E-state index in [1.54, 1.807) is 0 Å². The van der Waals surface area contributed by atoms with Crippen molar-refractivity contribution in [2.24, 2.45) is 0 Å². The summed E-state index contributed by atoms with van der Waals surface area (Å²) >= 11 is 0. The van der Waals surface area contributed by atoms with Crippen LogP contribution in [-0.4, -0.2) is 21.2 Å². The van der Waals surface area contributed by atoms with Gasteiger partial charge in [-0.15, -0.1) is 0 Å². The minimum absolute atomic E-state index is 0.121. The molecule has 6 nitrogen and oxygen atoms in total. The first-order valence-corrected chi connectivity index (χ1v) is 3.79. The Morgan fingerprint density at radius 1 is 1.50 bits per heavy atom. The number of hydrogen-bond acceptors (Lipinski definition) is 4. The average Bonchev–Trinajstić information content (AvgIpc) is 2.63. The highest BCUT2D eigenvalue weighted by molar-refractivity contribution is 5.95. The minimum Gasteiger partial charge on any atom is -0.344 e. The van der Waals surface area contributed by atoms with Crippen molar-refractivity contribution in [3.63, 3.8) is 0 Å². The lowest BCUT2D eigenvalue weighted by Gasteiger charge is -1.94. The summed E-state index contributed by atoms with van der Waals surface area (Å²) in [5, 5.41) is 10.5. The van der Waals surface area contributed by atoms with Crippen molar-refractivity contribution in [3.8, 4) is 0 Å². The number of carbonyl (C=O) groups is 1. The Hall–Kier alpha value is -2.24. The lowest BCUT2D eigenvalue weighted by Crippen LogP contribution is -1.91. The summed E-state index contributed by atoms with van der Waals surface area (Å²) in [6.07, 6.45) is 1.94. The van der Waals surface area contributed by atoms with E-state index in [1.165, 1.54) is 18.5 Å². The van der Waals surface area contributed by atoms with E-state index in [9.17, 15) is 14.9 Å². The first kappa shape index (κ1) is 8.36. The molecule has 0 fully saturated rings. The zero-order valence-electron chi connectivity index (χ0n) is 6.93. The van der Waals surface area contributed by atoms with Crippen molar-refractivity contribution < 1.29 is 9.72 Å². The van der Waals surface area contributed by atoms with Gasteiger partial charge in [-0.2, -0.15) is 0 Å². The molecule has 1 aromatic carbocycles. The molecule has 1 N–H and O–H groups in total. The molecule has 14 heavy (non-hydrogen) atoms. The number of H-pyrrole nitrogens is 1. The Bertz CT molecular complexity index is 518. The summed E-state index contributed by atoms with van der Waals surface area (Å²) in [6.45, 7) is 0. The van der Waals surface area contributed by atoms with Crippen molar-refractivity contribution in [1.29, 1.82) is 0 Å². The van der Waals surface area contributed by atoms with E-state index in [2.05, 4.69) is 9.97 Å². The number of aromatic nitrogens is 2. The number of fused-ring (bicyclic) bond motifs is 1. The fraction of sp³-hybridized carbons (Fsp3) is 0. The number of nitro groups is 1. The van der Waals surface area contributed by atoms with Gasteiger partial charge in [0.15, 0.2) is 6.29 Å². The van der Waals surface area contributed by atoms with Crippen LogP contribution < -0.4 is 0 Å². The Labute approximate surface area is 77.7 Å². The van der Waals surface area contributed by atoms with Crippen LogP contribution in [-0.2, 0) is 0 Å². The maximum absolute atomic E-state index is 10.6. The van der Waals surface area contributed by atoms with E-state index in [4.69, 9.17) is 0 Å². The van der Waals surface area contributed by atoms with Gasteiger partial charge in [0.2, 0.25) is 0 Å². The third-order valence-corrected chi connectivity index (χ3v) is 1.88. The third-order valence-electron chi connectivity index (χ3n) is 1.88. The van der Waals surface area contributed by atoms with Crippen molar-refractivity contribution in [2.75, 3.05) is 0 Å². The fourth-order valence-electron chi connectivity index (χ4n) is 1.26. The molecular weight excluding hydrogens is 186 g/mol. The molecule has 1 aromatic heterocycles. The summed E-state index contributed by atoms with van der Waals surface area (Å²) in [5.74, 6) is 0. The molecule has 0 radical (unpaired) electrons. The topological polar surface area (TPSA) is 88.9 Å². The molecule has 70 valence electrons. The predicted octanol–water partition coefficient (Wildman–Crippen LogP) is 1.28. The smallest absolute Gasteiger partial charge is 0.272 e. The molecule has 2 aromatic rings. The molecular formula is C8H5N3O3. The normalized spacial score (nSPS) is 10.3. The number of non-ortho nitro benzene ring substituents is 1. The number of nitro benzene ring substituents is 1. The molecule has 2 rings (SSSR count). The Morgan fingerprint density at radius 3 is 2.93 bits per heavy atom. The lowest BCUT2D eigenvalue weighted by atomic mass is 10.2.